The van der Waals surface area contributed by atoms with Crippen LogP contribution in [-0.4, -0.2) is 36.2 Å². The van der Waals surface area contributed by atoms with Gasteiger partial charge in [-0.15, -0.1) is 0 Å². The van der Waals surface area contributed by atoms with Crippen LogP contribution in [0.3, 0.4) is 0 Å². The van der Waals surface area contributed by atoms with Crippen molar-refractivity contribution in [1.82, 2.24) is 5.32 Å². The normalized spacial score (nSPS) is 14.5. The quantitative estimate of drug-likeness (QED) is 0.0824. The molecule has 0 saturated heterocycles. The average Bonchev–Trinajstić information content (AvgIpc) is 3.08. The van der Waals surface area contributed by atoms with Crippen LogP contribution in [0.15, 0.2) is 138 Å². The van der Waals surface area contributed by atoms with Crippen molar-refractivity contribution in [2.45, 2.75) is 26.7 Å². The molecule has 1 atom stereocenters. The summed E-state index contributed by atoms with van der Waals surface area (Å²) in [4.78, 5) is 39.1. The molecule has 0 saturated carbocycles. The van der Waals surface area contributed by atoms with E-state index in [-0.39, 0.29) is 54.0 Å². The number of hydrogen-bond acceptors (Lipinski definition) is 7. The average molecular weight is 763 g/mol. The summed E-state index contributed by atoms with van der Waals surface area (Å²) < 4.78 is 11.1. The minimum atomic E-state index is -2.52. The van der Waals surface area contributed by atoms with Crippen LogP contribution in [0.5, 0.6) is 0 Å². The van der Waals surface area contributed by atoms with Crippen LogP contribution < -0.4 is 45.2 Å². The molecule has 0 amide bonds. The standard InChI is InChI=1S/C37H35N2O6P.HI/c1-4-44-36(40)33-26(3)38-32(35(37(41)45-5-2)34(33)27-16-15-17-28(24-27)39(42)43)25-46(29-18-9-6-10-19-29,30-20-11-7-12-21-30)31-22-13-8-14-23-31;/h6-24,34H,4-5,25H2,1-3H3;1H. The SMILES string of the molecule is CCOC(=O)C1=C(C)NC(C[P+](c2ccccc2)(c2ccccc2)c2ccccc2)=C(C(=O)OCC)C1c1cccc([N+](=O)[O-])c1.[I-]. The highest BCUT2D eigenvalue weighted by atomic mass is 127. The third kappa shape index (κ3) is 7.31. The second kappa shape index (κ2) is 16.0. The van der Waals surface area contributed by atoms with Gasteiger partial charge in [0.25, 0.3) is 5.69 Å². The first-order chi connectivity index (χ1) is 22.3. The lowest BCUT2D eigenvalue weighted by Gasteiger charge is -2.34. The highest BCUT2D eigenvalue weighted by Gasteiger charge is 2.49. The first-order valence-electron chi connectivity index (χ1n) is 15.2. The van der Waals surface area contributed by atoms with Crippen LogP contribution in [0, 0.1) is 10.1 Å². The Labute approximate surface area is 292 Å². The van der Waals surface area contributed by atoms with E-state index in [1.54, 1.807) is 32.9 Å². The van der Waals surface area contributed by atoms with Crippen LogP contribution in [0.4, 0.5) is 5.69 Å². The lowest BCUT2D eigenvalue weighted by molar-refractivity contribution is -0.384. The maximum absolute atomic E-state index is 14.1. The predicted molar refractivity (Wildman–Crippen MR) is 182 cm³/mol. The predicted octanol–water partition coefficient (Wildman–Crippen LogP) is 2.93. The Morgan fingerprint density at radius 2 is 1.21 bits per heavy atom. The number of non-ortho nitro benzene ring substituents is 1. The Kier molecular flexibility index (Phi) is 12.1. The zero-order valence-electron chi connectivity index (χ0n) is 26.4. The third-order valence-corrected chi connectivity index (χ3v) is 12.4. The van der Waals surface area contributed by atoms with Crippen molar-refractivity contribution in [3.63, 3.8) is 0 Å². The van der Waals surface area contributed by atoms with E-state index in [1.807, 2.05) is 54.6 Å². The first kappa shape index (κ1) is 35.5. The van der Waals surface area contributed by atoms with Crippen molar-refractivity contribution < 1.29 is 48.0 Å². The van der Waals surface area contributed by atoms with Gasteiger partial charge >= 0.3 is 11.9 Å². The second-order valence-electron chi connectivity index (χ2n) is 10.8. The molecule has 47 heavy (non-hydrogen) atoms. The van der Waals surface area contributed by atoms with Gasteiger partial charge in [0.05, 0.1) is 40.9 Å². The highest BCUT2D eigenvalue weighted by Crippen LogP contribution is 2.57. The minimum absolute atomic E-state index is 0. The van der Waals surface area contributed by atoms with E-state index in [0.717, 1.165) is 15.9 Å². The Bertz CT molecular complexity index is 1700. The fourth-order valence-corrected chi connectivity index (χ4v) is 10.3. The first-order valence-corrected chi connectivity index (χ1v) is 17.1. The lowest BCUT2D eigenvalue weighted by Crippen LogP contribution is -3.00. The number of allylic oxidation sites excluding steroid dienone is 2. The van der Waals surface area contributed by atoms with Gasteiger partial charge in [-0.2, -0.15) is 0 Å². The van der Waals surface area contributed by atoms with Crippen LogP contribution >= 0.6 is 7.26 Å². The van der Waals surface area contributed by atoms with Crippen molar-refractivity contribution in [2.75, 3.05) is 19.4 Å². The summed E-state index contributed by atoms with van der Waals surface area (Å²) in [5, 5.41) is 18.6. The molecule has 10 heteroatoms. The number of halogens is 1. The van der Waals surface area contributed by atoms with Gasteiger partial charge in [-0.3, -0.25) is 10.1 Å². The van der Waals surface area contributed by atoms with Crippen LogP contribution in [0.2, 0.25) is 0 Å². The molecule has 242 valence electrons. The number of esters is 2. The summed E-state index contributed by atoms with van der Waals surface area (Å²) >= 11 is 0. The fraction of sp³-hybridized carbons (Fsp3) is 0.189. The molecule has 5 rings (SSSR count). The topological polar surface area (TPSA) is 108 Å². The van der Waals surface area contributed by atoms with Crippen LogP contribution in [-0.2, 0) is 19.1 Å². The number of nitrogens with zero attached hydrogens (tertiary/aromatic N) is 1. The van der Waals surface area contributed by atoms with Gasteiger partial charge in [0, 0.05) is 17.8 Å². The maximum atomic E-state index is 14.1. The van der Waals surface area contributed by atoms with Gasteiger partial charge in [0.1, 0.15) is 29.3 Å². The van der Waals surface area contributed by atoms with E-state index in [4.69, 9.17) is 9.47 Å². The van der Waals surface area contributed by atoms with Crippen molar-refractivity contribution in [2.24, 2.45) is 0 Å². The van der Waals surface area contributed by atoms with Gasteiger partial charge in [0.2, 0.25) is 0 Å². The van der Waals surface area contributed by atoms with Crippen LogP contribution in [0.25, 0.3) is 0 Å². The number of nitro groups is 1. The number of nitrogens with one attached hydrogen (secondary N) is 1. The summed E-state index contributed by atoms with van der Waals surface area (Å²) in [6.45, 7) is 5.42. The molecule has 4 aromatic carbocycles. The smallest absolute Gasteiger partial charge is 0.336 e. The summed E-state index contributed by atoms with van der Waals surface area (Å²) in [5.74, 6) is -2.19. The zero-order valence-corrected chi connectivity index (χ0v) is 29.4. The van der Waals surface area contributed by atoms with Crippen molar-refractivity contribution in [1.29, 1.82) is 0 Å². The van der Waals surface area contributed by atoms with Gasteiger partial charge in [0.15, 0.2) is 0 Å². The molecule has 1 aliphatic rings. The molecule has 1 aliphatic heterocycles. The molecule has 8 nitrogen and oxygen atoms in total. The van der Waals surface area contributed by atoms with E-state index in [2.05, 4.69) is 41.7 Å². The van der Waals surface area contributed by atoms with Crippen molar-refractivity contribution >= 4 is 40.8 Å². The second-order valence-corrected chi connectivity index (χ2v) is 14.2. The summed E-state index contributed by atoms with van der Waals surface area (Å²) in [6, 6.07) is 36.8. The highest BCUT2D eigenvalue weighted by molar-refractivity contribution is 7.95. The largest absolute Gasteiger partial charge is 1.00 e. The minimum Gasteiger partial charge on any atom is -1.00 e. The molecule has 1 N–H and O–H groups in total. The Morgan fingerprint density at radius 1 is 0.745 bits per heavy atom. The van der Waals surface area contributed by atoms with Crippen molar-refractivity contribution in [3.8, 4) is 0 Å². The van der Waals surface area contributed by atoms with E-state index in [1.165, 1.54) is 12.1 Å². The monoisotopic (exact) mass is 762 g/mol. The summed E-state index contributed by atoms with van der Waals surface area (Å²) in [6.07, 6.45) is 0.387. The molecule has 0 bridgehead atoms. The number of carbonyl (C=O) groups is 2. The number of carbonyl (C=O) groups excluding carboxylic acids is 2. The van der Waals surface area contributed by atoms with E-state index >= 15 is 0 Å². The lowest BCUT2D eigenvalue weighted by atomic mass is 9.80. The molecular formula is C37H36IN2O6P. The van der Waals surface area contributed by atoms with E-state index < -0.39 is 30.0 Å². The summed E-state index contributed by atoms with van der Waals surface area (Å²) in [7, 11) is -2.52. The van der Waals surface area contributed by atoms with Gasteiger partial charge in [-0.25, -0.2) is 9.59 Å². The van der Waals surface area contributed by atoms with E-state index in [0.29, 0.717) is 23.1 Å². The Balaban J connectivity index is 0.00000500. The Hall–Kier alpha value is -4.34. The van der Waals surface area contributed by atoms with Gasteiger partial charge in [-0.1, -0.05) is 66.7 Å². The molecule has 0 fully saturated rings. The number of dihydropyridines is 1. The number of nitro benzene ring substituents is 1. The molecule has 1 unspecified atom stereocenters. The van der Waals surface area contributed by atoms with Crippen molar-refractivity contribution in [3.05, 3.63) is 153 Å². The number of ether oxygens (including phenoxy) is 2. The van der Waals surface area contributed by atoms with Gasteiger partial charge in [-0.05, 0) is 62.7 Å². The number of rotatable bonds is 11. The third-order valence-electron chi connectivity index (χ3n) is 8.04. The molecule has 0 aromatic heterocycles. The number of benzene rings is 4. The van der Waals surface area contributed by atoms with Gasteiger partial charge < -0.3 is 38.8 Å². The molecule has 0 radical (unpaired) electrons. The Morgan fingerprint density at radius 3 is 1.66 bits per heavy atom. The molecular weight excluding hydrogens is 726 g/mol. The molecule has 0 spiro atoms. The summed E-state index contributed by atoms with van der Waals surface area (Å²) in [5.41, 5.74) is 1.79. The number of hydrogen-bond donors (Lipinski definition) is 1. The zero-order chi connectivity index (χ0) is 32.7. The fourth-order valence-electron chi connectivity index (χ4n) is 6.11. The van der Waals surface area contributed by atoms with Crippen LogP contribution in [0.1, 0.15) is 32.3 Å². The molecule has 1 heterocycles. The molecule has 0 aliphatic carbocycles. The van der Waals surface area contributed by atoms with E-state index in [9.17, 15) is 19.7 Å². The maximum Gasteiger partial charge on any atom is 0.336 e. The molecule has 4 aromatic rings.